The molecule has 2 aliphatic rings. The third-order valence-electron chi connectivity index (χ3n) is 7.40. The number of amides is 1. The normalized spacial score (nSPS) is 26.0. The van der Waals surface area contributed by atoms with Crippen LogP contribution in [0.15, 0.2) is 42.5 Å². The van der Waals surface area contributed by atoms with Crippen molar-refractivity contribution >= 4 is 5.91 Å². The monoisotopic (exact) mass is 517 g/mol. The molecule has 1 unspecified atom stereocenters. The molecule has 1 aliphatic heterocycles. The lowest BCUT2D eigenvalue weighted by Crippen LogP contribution is -2.37. The van der Waals surface area contributed by atoms with E-state index in [1.807, 2.05) is 0 Å². The summed E-state index contributed by atoms with van der Waals surface area (Å²) in [5.74, 6) is -0.772. The number of rotatable bonds is 5. The van der Waals surface area contributed by atoms with Crippen LogP contribution in [0, 0.1) is 11.7 Å². The standard InChI is InChI=1S/C26H26F7NO2/c1-14(16-11-17(25(28,29)30)13-18(12-16)26(31,32)33)36-22-9-7-20(21-8-10-23(35)34(21)2)24(22)15-3-5-19(27)6-4-15/h3-6,11-14,20-22,24H,7-10H2,1-2H3/t14-,20+,21?,22+,24+/m1/s1. The second-order valence-electron chi connectivity index (χ2n) is 9.59. The maximum Gasteiger partial charge on any atom is 0.416 e. The lowest BCUT2D eigenvalue weighted by molar-refractivity contribution is -0.143. The fourth-order valence-electron chi connectivity index (χ4n) is 5.60. The molecule has 196 valence electrons. The van der Waals surface area contributed by atoms with Crippen LogP contribution in [0.4, 0.5) is 30.7 Å². The predicted octanol–water partition coefficient (Wildman–Crippen LogP) is 7.12. The first-order valence-electron chi connectivity index (χ1n) is 11.7. The third-order valence-corrected chi connectivity index (χ3v) is 7.40. The lowest BCUT2D eigenvalue weighted by Gasteiger charge is -2.34. The number of halogens is 7. The van der Waals surface area contributed by atoms with Crippen molar-refractivity contribution < 1.29 is 40.3 Å². The molecule has 4 rings (SSSR count). The van der Waals surface area contributed by atoms with Gasteiger partial charge in [-0.1, -0.05) is 12.1 Å². The molecule has 5 atom stereocenters. The summed E-state index contributed by atoms with van der Waals surface area (Å²) in [6, 6.07) is 7.21. The molecule has 0 bridgehead atoms. The van der Waals surface area contributed by atoms with Gasteiger partial charge in [-0.2, -0.15) is 26.3 Å². The van der Waals surface area contributed by atoms with E-state index in [4.69, 9.17) is 4.74 Å². The maximum atomic E-state index is 13.6. The highest BCUT2D eigenvalue weighted by Crippen LogP contribution is 2.48. The number of alkyl halides is 6. The van der Waals surface area contributed by atoms with Crippen molar-refractivity contribution in [3.05, 3.63) is 70.5 Å². The van der Waals surface area contributed by atoms with Crippen molar-refractivity contribution in [2.75, 3.05) is 7.05 Å². The third kappa shape index (κ3) is 5.38. The Morgan fingerprint density at radius 3 is 2.00 bits per heavy atom. The van der Waals surface area contributed by atoms with E-state index in [1.54, 1.807) is 24.1 Å². The zero-order valence-electron chi connectivity index (χ0n) is 19.7. The summed E-state index contributed by atoms with van der Waals surface area (Å²) in [6.45, 7) is 1.43. The average Bonchev–Trinajstić information content (AvgIpc) is 3.35. The summed E-state index contributed by atoms with van der Waals surface area (Å²) >= 11 is 0. The largest absolute Gasteiger partial charge is 0.416 e. The first-order valence-corrected chi connectivity index (χ1v) is 11.7. The zero-order valence-corrected chi connectivity index (χ0v) is 19.7. The number of carbonyl (C=O) groups is 1. The van der Waals surface area contributed by atoms with Crippen LogP contribution >= 0.6 is 0 Å². The molecule has 1 heterocycles. The van der Waals surface area contributed by atoms with Crippen molar-refractivity contribution in [2.24, 2.45) is 5.92 Å². The summed E-state index contributed by atoms with van der Waals surface area (Å²) in [5, 5.41) is 0. The summed E-state index contributed by atoms with van der Waals surface area (Å²) in [5.41, 5.74) is -2.27. The van der Waals surface area contributed by atoms with Crippen molar-refractivity contribution in [3.63, 3.8) is 0 Å². The van der Waals surface area contributed by atoms with Crippen LogP contribution in [-0.2, 0) is 21.9 Å². The molecule has 10 heteroatoms. The minimum atomic E-state index is -4.95. The van der Waals surface area contributed by atoms with Crippen LogP contribution < -0.4 is 0 Å². The van der Waals surface area contributed by atoms with Gasteiger partial charge in [-0.15, -0.1) is 0 Å². The Balaban J connectivity index is 1.65. The van der Waals surface area contributed by atoms with E-state index in [1.165, 1.54) is 19.1 Å². The second kappa shape index (κ2) is 9.68. The van der Waals surface area contributed by atoms with E-state index < -0.39 is 41.5 Å². The minimum absolute atomic E-state index is 0.0132. The number of nitrogens with zero attached hydrogens (tertiary/aromatic N) is 1. The highest BCUT2D eigenvalue weighted by Gasteiger charge is 2.46. The molecule has 0 N–H and O–H groups in total. The summed E-state index contributed by atoms with van der Waals surface area (Å²) in [6.07, 6.45) is -9.32. The van der Waals surface area contributed by atoms with Crippen LogP contribution in [0.25, 0.3) is 0 Å². The van der Waals surface area contributed by atoms with Crippen LogP contribution in [-0.4, -0.2) is 30.0 Å². The number of ether oxygens (including phenoxy) is 1. The van der Waals surface area contributed by atoms with Gasteiger partial charge in [-0.3, -0.25) is 4.79 Å². The van der Waals surface area contributed by atoms with Gasteiger partial charge in [0.1, 0.15) is 5.82 Å². The molecule has 0 radical (unpaired) electrons. The van der Waals surface area contributed by atoms with Gasteiger partial charge in [0, 0.05) is 25.4 Å². The highest BCUT2D eigenvalue weighted by atomic mass is 19.4. The summed E-state index contributed by atoms with van der Waals surface area (Å²) in [7, 11) is 1.72. The Kier molecular flexibility index (Phi) is 7.11. The van der Waals surface area contributed by atoms with E-state index in [9.17, 15) is 35.5 Å². The van der Waals surface area contributed by atoms with Gasteiger partial charge in [-0.25, -0.2) is 4.39 Å². The van der Waals surface area contributed by atoms with Gasteiger partial charge < -0.3 is 9.64 Å². The molecule has 1 aliphatic carbocycles. The van der Waals surface area contributed by atoms with Crippen LogP contribution in [0.5, 0.6) is 0 Å². The van der Waals surface area contributed by atoms with Crippen LogP contribution in [0.2, 0.25) is 0 Å². The predicted molar refractivity (Wildman–Crippen MR) is 117 cm³/mol. The second-order valence-corrected chi connectivity index (χ2v) is 9.59. The molecule has 2 aromatic rings. The van der Waals surface area contributed by atoms with Gasteiger partial charge in [0.05, 0.1) is 23.3 Å². The Morgan fingerprint density at radius 1 is 0.917 bits per heavy atom. The van der Waals surface area contributed by atoms with Gasteiger partial charge >= 0.3 is 12.4 Å². The molecule has 1 saturated heterocycles. The lowest BCUT2D eigenvalue weighted by atomic mass is 9.82. The van der Waals surface area contributed by atoms with E-state index in [-0.39, 0.29) is 35.4 Å². The molecule has 0 spiro atoms. The SMILES string of the molecule is C[C@@H](O[C@H]1CC[C@@H](C2CCC(=O)N2C)[C@@H]1c1ccc(F)cc1)c1cc(C(F)(F)F)cc(C(F)(F)F)c1. The molecule has 0 aromatic heterocycles. The Labute approximate surface area is 204 Å². The molecular weight excluding hydrogens is 491 g/mol. The van der Waals surface area contributed by atoms with Gasteiger partial charge in [0.15, 0.2) is 0 Å². The van der Waals surface area contributed by atoms with Crippen molar-refractivity contribution in [1.29, 1.82) is 0 Å². The number of carbonyl (C=O) groups excluding carboxylic acids is 1. The first kappa shape index (κ1) is 26.4. The van der Waals surface area contributed by atoms with Gasteiger partial charge in [-0.05, 0) is 73.6 Å². The van der Waals surface area contributed by atoms with E-state index >= 15 is 0 Å². The molecule has 2 fully saturated rings. The summed E-state index contributed by atoms with van der Waals surface area (Å²) < 4.78 is 99.8. The summed E-state index contributed by atoms with van der Waals surface area (Å²) in [4.78, 5) is 13.9. The van der Waals surface area contributed by atoms with Crippen molar-refractivity contribution in [3.8, 4) is 0 Å². The van der Waals surface area contributed by atoms with Crippen molar-refractivity contribution in [2.45, 2.75) is 69.1 Å². The molecule has 36 heavy (non-hydrogen) atoms. The van der Waals surface area contributed by atoms with Gasteiger partial charge in [0.25, 0.3) is 0 Å². The highest BCUT2D eigenvalue weighted by molar-refractivity contribution is 5.78. The Bertz CT molecular complexity index is 1060. The molecular formula is C26H26F7NO2. The topological polar surface area (TPSA) is 29.5 Å². The first-order chi connectivity index (χ1) is 16.8. The van der Waals surface area contributed by atoms with Gasteiger partial charge in [0.2, 0.25) is 5.91 Å². The Hall–Kier alpha value is -2.62. The fraction of sp³-hybridized carbons (Fsp3) is 0.500. The fourth-order valence-corrected chi connectivity index (χ4v) is 5.60. The number of hydrogen-bond acceptors (Lipinski definition) is 2. The number of hydrogen-bond donors (Lipinski definition) is 0. The molecule has 2 aromatic carbocycles. The zero-order chi connectivity index (χ0) is 26.4. The number of benzene rings is 2. The average molecular weight is 517 g/mol. The van der Waals surface area contributed by atoms with Crippen LogP contribution in [0.1, 0.15) is 66.9 Å². The maximum absolute atomic E-state index is 13.6. The van der Waals surface area contributed by atoms with Crippen molar-refractivity contribution in [1.82, 2.24) is 4.90 Å². The van der Waals surface area contributed by atoms with Crippen LogP contribution in [0.3, 0.4) is 0 Å². The quantitative estimate of drug-likeness (QED) is 0.395. The van der Waals surface area contributed by atoms with E-state index in [0.717, 1.165) is 5.56 Å². The smallest absolute Gasteiger partial charge is 0.370 e. The van der Waals surface area contributed by atoms with E-state index in [2.05, 4.69) is 0 Å². The number of likely N-dealkylation sites (tertiary alicyclic amines) is 1. The molecule has 1 saturated carbocycles. The Morgan fingerprint density at radius 2 is 1.50 bits per heavy atom. The van der Waals surface area contributed by atoms with E-state index in [0.29, 0.717) is 37.8 Å². The molecule has 1 amide bonds. The molecule has 3 nitrogen and oxygen atoms in total. The minimum Gasteiger partial charge on any atom is -0.370 e.